The highest BCUT2D eigenvalue weighted by Gasteiger charge is 2.35. The highest BCUT2D eigenvalue weighted by Crippen LogP contribution is 2.39. The molecule has 1 heterocycles. The minimum atomic E-state index is -0.350. The molecule has 2 amide bonds. The third kappa shape index (κ3) is 3.93. The lowest BCUT2D eigenvalue weighted by Gasteiger charge is -2.12. The fraction of sp³-hybridized carbons (Fsp3) is 0.200. The van der Waals surface area contributed by atoms with Gasteiger partial charge in [0.15, 0.2) is 11.5 Å². The van der Waals surface area contributed by atoms with Crippen LogP contribution in [0.3, 0.4) is 0 Å². The molecule has 0 unspecified atom stereocenters. The minimum absolute atomic E-state index is 0.121. The minimum Gasteiger partial charge on any atom is -0.502 e. The molecule has 0 spiro atoms. The second kappa shape index (κ2) is 7.75. The van der Waals surface area contributed by atoms with Crippen molar-refractivity contribution in [2.45, 2.75) is 13.5 Å². The Hall–Kier alpha value is -2.93. The van der Waals surface area contributed by atoms with Crippen LogP contribution in [0.1, 0.15) is 16.7 Å². The summed E-state index contributed by atoms with van der Waals surface area (Å²) in [7, 11) is 2.85. The topological polar surface area (TPSA) is 76.1 Å². The van der Waals surface area contributed by atoms with Gasteiger partial charge in [0.05, 0.1) is 25.7 Å². The first-order valence-electron chi connectivity index (χ1n) is 8.19. The van der Waals surface area contributed by atoms with Gasteiger partial charge < -0.3 is 14.6 Å². The second-order valence-corrected chi connectivity index (χ2v) is 7.02. The Morgan fingerprint density at radius 2 is 1.67 bits per heavy atom. The molecule has 2 aromatic carbocycles. The van der Waals surface area contributed by atoms with Crippen LogP contribution in [0.4, 0.5) is 4.79 Å². The number of benzene rings is 2. The van der Waals surface area contributed by atoms with Gasteiger partial charge in [0.1, 0.15) is 0 Å². The lowest BCUT2D eigenvalue weighted by atomic mass is 10.1. The van der Waals surface area contributed by atoms with Crippen LogP contribution in [0.15, 0.2) is 41.3 Å². The van der Waals surface area contributed by atoms with E-state index in [9.17, 15) is 14.7 Å². The number of nitrogens with zero attached hydrogens (tertiary/aromatic N) is 1. The molecule has 6 nitrogen and oxygen atoms in total. The molecule has 0 aliphatic carbocycles. The molecule has 1 N–H and O–H groups in total. The number of hydrogen-bond donors (Lipinski definition) is 1. The number of thioether (sulfide) groups is 1. The molecule has 1 fully saturated rings. The van der Waals surface area contributed by atoms with E-state index < -0.39 is 0 Å². The van der Waals surface area contributed by atoms with Gasteiger partial charge >= 0.3 is 0 Å². The first kappa shape index (κ1) is 18.8. The zero-order valence-electron chi connectivity index (χ0n) is 15.2. The van der Waals surface area contributed by atoms with Crippen LogP contribution >= 0.6 is 11.8 Å². The van der Waals surface area contributed by atoms with E-state index in [-0.39, 0.29) is 34.9 Å². The smallest absolute Gasteiger partial charge is 0.293 e. The van der Waals surface area contributed by atoms with Crippen molar-refractivity contribution in [2.24, 2.45) is 0 Å². The van der Waals surface area contributed by atoms with Crippen molar-refractivity contribution in [1.29, 1.82) is 0 Å². The number of imide groups is 1. The number of hydrogen-bond acceptors (Lipinski definition) is 6. The van der Waals surface area contributed by atoms with E-state index in [0.29, 0.717) is 10.5 Å². The summed E-state index contributed by atoms with van der Waals surface area (Å²) in [5, 5.41) is 9.67. The molecule has 7 heteroatoms. The SMILES string of the molecule is COc1cc(/C=C2\SC(=O)N(Cc3ccc(C)cc3)C2=O)cc(OC)c1O. The Labute approximate surface area is 161 Å². The van der Waals surface area contributed by atoms with Crippen molar-refractivity contribution >= 4 is 29.0 Å². The lowest BCUT2D eigenvalue weighted by Crippen LogP contribution is -2.27. The third-order valence-electron chi connectivity index (χ3n) is 4.13. The molecular weight excluding hydrogens is 366 g/mol. The van der Waals surface area contributed by atoms with Crippen LogP contribution in [0, 0.1) is 6.92 Å². The van der Waals surface area contributed by atoms with Gasteiger partial charge in [-0.1, -0.05) is 29.8 Å². The number of carbonyl (C=O) groups is 2. The van der Waals surface area contributed by atoms with Gasteiger partial charge in [-0.2, -0.15) is 0 Å². The normalized spacial score (nSPS) is 15.5. The number of methoxy groups -OCH3 is 2. The molecule has 0 aromatic heterocycles. The van der Waals surface area contributed by atoms with Gasteiger partial charge in [-0.05, 0) is 48.0 Å². The molecule has 140 valence electrons. The Morgan fingerprint density at radius 1 is 1.07 bits per heavy atom. The molecule has 0 saturated carbocycles. The molecule has 1 saturated heterocycles. The van der Waals surface area contributed by atoms with Gasteiger partial charge in [-0.25, -0.2) is 0 Å². The van der Waals surface area contributed by atoms with Crippen LogP contribution in [-0.2, 0) is 11.3 Å². The average Bonchev–Trinajstić information content (AvgIpc) is 2.92. The van der Waals surface area contributed by atoms with Crippen LogP contribution in [0.25, 0.3) is 6.08 Å². The van der Waals surface area contributed by atoms with Crippen molar-refractivity contribution < 1.29 is 24.2 Å². The Bertz CT molecular complexity index is 895. The van der Waals surface area contributed by atoms with Crippen LogP contribution in [-0.4, -0.2) is 35.4 Å². The van der Waals surface area contributed by atoms with E-state index in [4.69, 9.17) is 9.47 Å². The summed E-state index contributed by atoms with van der Waals surface area (Å²) >= 11 is 0.885. The van der Waals surface area contributed by atoms with Gasteiger partial charge in [0.25, 0.3) is 11.1 Å². The summed E-state index contributed by atoms with van der Waals surface area (Å²) in [6.45, 7) is 2.21. The highest BCUT2D eigenvalue weighted by molar-refractivity contribution is 8.18. The Morgan fingerprint density at radius 3 is 2.22 bits per heavy atom. The maximum atomic E-state index is 12.7. The number of aromatic hydroxyl groups is 1. The summed E-state index contributed by atoms with van der Waals surface area (Å²) in [4.78, 5) is 26.5. The third-order valence-corrected chi connectivity index (χ3v) is 5.04. The van der Waals surface area contributed by atoms with Gasteiger partial charge in [0.2, 0.25) is 5.75 Å². The molecule has 0 atom stereocenters. The van der Waals surface area contributed by atoms with Crippen molar-refractivity contribution in [3.05, 3.63) is 58.0 Å². The molecule has 1 aliphatic heterocycles. The number of carbonyl (C=O) groups excluding carboxylic acids is 2. The number of ether oxygens (including phenoxy) is 2. The van der Waals surface area contributed by atoms with Crippen molar-refractivity contribution in [2.75, 3.05) is 14.2 Å². The number of phenols is 1. The van der Waals surface area contributed by atoms with E-state index in [1.54, 1.807) is 18.2 Å². The van der Waals surface area contributed by atoms with E-state index in [0.717, 1.165) is 22.9 Å². The summed E-state index contributed by atoms with van der Waals surface area (Å²) in [6.07, 6.45) is 1.59. The Balaban J connectivity index is 1.87. The molecule has 3 rings (SSSR count). The fourth-order valence-electron chi connectivity index (χ4n) is 2.66. The summed E-state index contributed by atoms with van der Waals surface area (Å²) in [5.74, 6) is -0.0276. The number of aryl methyl sites for hydroxylation is 1. The van der Waals surface area contributed by atoms with E-state index in [1.165, 1.54) is 19.1 Å². The second-order valence-electron chi connectivity index (χ2n) is 6.03. The summed E-state index contributed by atoms with van der Waals surface area (Å²) < 4.78 is 10.2. The number of phenolic OH excluding ortho intramolecular Hbond substituents is 1. The number of rotatable bonds is 5. The zero-order chi connectivity index (χ0) is 19.6. The van der Waals surface area contributed by atoms with E-state index >= 15 is 0 Å². The van der Waals surface area contributed by atoms with E-state index in [1.807, 2.05) is 31.2 Å². The van der Waals surface area contributed by atoms with Crippen LogP contribution in [0.2, 0.25) is 0 Å². The summed E-state index contributed by atoms with van der Waals surface area (Å²) in [6, 6.07) is 10.8. The first-order chi connectivity index (χ1) is 12.9. The highest BCUT2D eigenvalue weighted by atomic mass is 32.2. The lowest BCUT2D eigenvalue weighted by molar-refractivity contribution is -0.123. The molecule has 0 bridgehead atoms. The Kier molecular flexibility index (Phi) is 5.41. The predicted molar refractivity (Wildman–Crippen MR) is 104 cm³/mol. The van der Waals surface area contributed by atoms with Gasteiger partial charge in [-0.15, -0.1) is 0 Å². The zero-order valence-corrected chi connectivity index (χ0v) is 16.0. The standard InChI is InChI=1S/C20H19NO5S/c1-12-4-6-13(7-5-12)11-21-19(23)17(27-20(21)24)10-14-8-15(25-2)18(22)16(9-14)26-3/h4-10,22H,11H2,1-3H3/b17-10-. The average molecular weight is 385 g/mol. The van der Waals surface area contributed by atoms with Gasteiger partial charge in [0, 0.05) is 0 Å². The number of amides is 2. The maximum absolute atomic E-state index is 12.7. The summed E-state index contributed by atoms with van der Waals surface area (Å²) in [5.41, 5.74) is 2.59. The molecule has 1 aliphatic rings. The van der Waals surface area contributed by atoms with Crippen molar-refractivity contribution in [3.8, 4) is 17.2 Å². The largest absolute Gasteiger partial charge is 0.502 e. The van der Waals surface area contributed by atoms with Gasteiger partial charge in [-0.3, -0.25) is 14.5 Å². The monoisotopic (exact) mass is 385 g/mol. The maximum Gasteiger partial charge on any atom is 0.293 e. The van der Waals surface area contributed by atoms with Crippen molar-refractivity contribution in [3.63, 3.8) is 0 Å². The molecule has 2 aromatic rings. The molecule has 0 radical (unpaired) electrons. The first-order valence-corrected chi connectivity index (χ1v) is 9.00. The predicted octanol–water partition coefficient (Wildman–Crippen LogP) is 3.95. The molecular formula is C20H19NO5S. The quantitative estimate of drug-likeness (QED) is 0.786. The van der Waals surface area contributed by atoms with Crippen LogP contribution < -0.4 is 9.47 Å². The molecule has 27 heavy (non-hydrogen) atoms. The van der Waals surface area contributed by atoms with Crippen LogP contribution in [0.5, 0.6) is 17.2 Å². The fourth-order valence-corrected chi connectivity index (χ4v) is 3.50. The van der Waals surface area contributed by atoms with Crippen molar-refractivity contribution in [1.82, 2.24) is 4.90 Å². The van der Waals surface area contributed by atoms with E-state index in [2.05, 4.69) is 0 Å².